The van der Waals surface area contributed by atoms with Gasteiger partial charge in [0.2, 0.25) is 5.91 Å². The Morgan fingerprint density at radius 3 is 2.50 bits per heavy atom. The third kappa shape index (κ3) is 7.50. The van der Waals surface area contributed by atoms with Crippen LogP contribution in [0, 0.1) is 0 Å². The number of nitrogens with two attached hydrogens (primary N) is 1. The first-order chi connectivity index (χ1) is 14.4. The van der Waals surface area contributed by atoms with Crippen molar-refractivity contribution in [2.45, 2.75) is 18.9 Å². The fourth-order valence-corrected chi connectivity index (χ4v) is 2.62. The van der Waals surface area contributed by atoms with E-state index in [0.29, 0.717) is 11.3 Å². The van der Waals surface area contributed by atoms with E-state index in [0.717, 1.165) is 5.56 Å². The number of rotatable bonds is 9. The minimum atomic E-state index is -1.03. The van der Waals surface area contributed by atoms with Gasteiger partial charge in [-0.2, -0.15) is 5.10 Å². The van der Waals surface area contributed by atoms with Crippen molar-refractivity contribution in [3.63, 3.8) is 0 Å². The molecule has 2 aromatic rings. The number of urea groups is 1. The largest absolute Gasteiger partial charge is 0.508 e. The van der Waals surface area contributed by atoms with Crippen LogP contribution in [0.4, 0.5) is 10.5 Å². The highest BCUT2D eigenvalue weighted by molar-refractivity contribution is 5.90. The Bertz CT molecular complexity index is 914. The number of carboxylic acid groups (broad SMARTS) is 1. The van der Waals surface area contributed by atoms with Crippen molar-refractivity contribution in [2.75, 3.05) is 11.9 Å². The number of anilines is 1. The second-order valence-electron chi connectivity index (χ2n) is 6.34. The Balaban J connectivity index is 2.05. The van der Waals surface area contributed by atoms with Crippen molar-refractivity contribution in [1.29, 1.82) is 0 Å². The molecule has 0 bridgehead atoms. The van der Waals surface area contributed by atoms with Crippen LogP contribution >= 0.6 is 0 Å². The van der Waals surface area contributed by atoms with Crippen LogP contribution in [0.5, 0.6) is 5.75 Å². The molecule has 7 N–H and O–H groups in total. The molecule has 0 aliphatic carbocycles. The van der Waals surface area contributed by atoms with E-state index in [4.69, 9.17) is 10.9 Å². The van der Waals surface area contributed by atoms with Gasteiger partial charge in [-0.15, -0.1) is 0 Å². The van der Waals surface area contributed by atoms with Gasteiger partial charge < -0.3 is 32.0 Å². The average Bonchev–Trinajstić information content (AvgIpc) is 2.69. The van der Waals surface area contributed by atoms with E-state index in [9.17, 15) is 19.5 Å². The van der Waals surface area contributed by atoms with Crippen LogP contribution in [-0.2, 0) is 9.59 Å². The molecule has 1 atom stereocenters. The number of phenolic OH excluding ortho intramolecular Hbond substituents is 1. The number of carboxylic acids is 1. The first-order valence-corrected chi connectivity index (χ1v) is 9.05. The van der Waals surface area contributed by atoms with Crippen LogP contribution in [0.3, 0.4) is 0 Å². The van der Waals surface area contributed by atoms with Crippen LogP contribution in [0.25, 0.3) is 0 Å². The number of hydrogen-bond acceptors (Lipinski definition) is 6. The van der Waals surface area contributed by atoms with Gasteiger partial charge in [-0.1, -0.05) is 24.3 Å². The average molecular weight is 413 g/mol. The quantitative estimate of drug-likeness (QED) is 0.207. The number of phenols is 1. The van der Waals surface area contributed by atoms with Gasteiger partial charge in [0, 0.05) is 12.2 Å². The summed E-state index contributed by atoms with van der Waals surface area (Å²) in [6, 6.07) is 11.6. The second kappa shape index (κ2) is 11.1. The number of benzene rings is 2. The van der Waals surface area contributed by atoms with Crippen LogP contribution in [-0.4, -0.2) is 40.9 Å². The summed E-state index contributed by atoms with van der Waals surface area (Å²) in [6.45, 7) is -0.0222. The number of nitrogens with one attached hydrogen (secondary N) is 3. The zero-order valence-corrected chi connectivity index (χ0v) is 16.0. The molecule has 30 heavy (non-hydrogen) atoms. The summed E-state index contributed by atoms with van der Waals surface area (Å²) >= 11 is 0. The molecule has 0 saturated carbocycles. The lowest BCUT2D eigenvalue weighted by atomic mass is 10.0. The van der Waals surface area contributed by atoms with Crippen LogP contribution in [0.1, 0.15) is 30.0 Å². The van der Waals surface area contributed by atoms with E-state index < -0.39 is 23.9 Å². The topological polar surface area (TPSA) is 166 Å². The predicted octanol–water partition coefficient (Wildman–Crippen LogP) is 1.53. The second-order valence-corrected chi connectivity index (χ2v) is 6.34. The monoisotopic (exact) mass is 413 g/mol. The molecule has 0 saturated heterocycles. The van der Waals surface area contributed by atoms with Gasteiger partial charge in [-0.3, -0.25) is 9.59 Å². The molecule has 3 amide bonds. The van der Waals surface area contributed by atoms with Gasteiger partial charge in [0.1, 0.15) is 5.75 Å². The summed E-state index contributed by atoms with van der Waals surface area (Å²) in [6.07, 6.45) is 1.12. The highest BCUT2D eigenvalue weighted by Crippen LogP contribution is 2.21. The van der Waals surface area contributed by atoms with Crippen molar-refractivity contribution in [3.8, 4) is 5.75 Å². The maximum absolute atomic E-state index is 12.4. The van der Waals surface area contributed by atoms with E-state index >= 15 is 0 Å². The van der Waals surface area contributed by atoms with Crippen molar-refractivity contribution in [2.24, 2.45) is 10.9 Å². The summed E-state index contributed by atoms with van der Waals surface area (Å²) in [5.41, 5.74) is 1.80. The fraction of sp³-hybridized carbons (Fsp3) is 0.200. The molecule has 10 heteroatoms. The summed E-state index contributed by atoms with van der Waals surface area (Å²) in [7, 11) is 0. The van der Waals surface area contributed by atoms with E-state index in [1.807, 2.05) is 0 Å². The normalized spacial score (nSPS) is 11.6. The molecule has 10 nitrogen and oxygen atoms in total. The van der Waals surface area contributed by atoms with Gasteiger partial charge in [-0.25, -0.2) is 4.79 Å². The molecular formula is C20H23N5O5. The number of nitrogens with zero attached hydrogens (tertiary/aromatic N) is 1. The van der Waals surface area contributed by atoms with E-state index in [1.54, 1.807) is 36.4 Å². The zero-order chi connectivity index (χ0) is 21.9. The molecule has 0 fully saturated rings. The van der Waals surface area contributed by atoms with Gasteiger partial charge >= 0.3 is 12.0 Å². The van der Waals surface area contributed by atoms with Crippen LogP contribution in [0.2, 0.25) is 0 Å². The van der Waals surface area contributed by atoms with Crippen molar-refractivity contribution in [1.82, 2.24) is 10.6 Å². The maximum atomic E-state index is 12.4. The Morgan fingerprint density at radius 2 is 1.87 bits per heavy atom. The molecular weight excluding hydrogens is 390 g/mol. The number of amides is 3. The number of aliphatic carboxylic acids is 1. The first-order valence-electron chi connectivity index (χ1n) is 9.05. The number of carbonyl (C=O) groups excluding carboxylic acids is 2. The van der Waals surface area contributed by atoms with Crippen molar-refractivity contribution < 1.29 is 24.6 Å². The highest BCUT2D eigenvalue weighted by Gasteiger charge is 2.19. The van der Waals surface area contributed by atoms with E-state index in [2.05, 4.69) is 21.1 Å². The Kier molecular flexibility index (Phi) is 8.18. The third-order valence-electron chi connectivity index (χ3n) is 4.02. The number of hydrazone groups is 1. The molecule has 158 valence electrons. The maximum Gasteiger partial charge on any atom is 0.319 e. The SMILES string of the molecule is NN=Cc1ccc(NC(=O)NC(CC(=O)NCCC(=O)O)c2cccc(O)c2)cc1. The molecule has 0 spiro atoms. The summed E-state index contributed by atoms with van der Waals surface area (Å²) in [5, 5.41) is 29.7. The fourth-order valence-electron chi connectivity index (χ4n) is 2.62. The lowest BCUT2D eigenvalue weighted by Gasteiger charge is -2.19. The lowest BCUT2D eigenvalue weighted by Crippen LogP contribution is -2.36. The number of hydrogen-bond donors (Lipinski definition) is 6. The first kappa shape index (κ1) is 22.2. The van der Waals surface area contributed by atoms with Crippen LogP contribution < -0.4 is 21.8 Å². The minimum absolute atomic E-state index is 0.0110. The molecule has 2 aromatic carbocycles. The summed E-state index contributed by atoms with van der Waals surface area (Å²) in [5.74, 6) is 3.62. The molecule has 0 aliphatic rings. The van der Waals surface area contributed by atoms with Gasteiger partial charge in [-0.05, 0) is 35.4 Å². The Hall–Kier alpha value is -4.08. The third-order valence-corrected chi connectivity index (χ3v) is 4.02. The summed E-state index contributed by atoms with van der Waals surface area (Å²) < 4.78 is 0. The molecule has 0 aromatic heterocycles. The van der Waals surface area contributed by atoms with Crippen molar-refractivity contribution in [3.05, 3.63) is 59.7 Å². The number of carbonyl (C=O) groups is 3. The molecule has 0 heterocycles. The standard InChI is InChI=1S/C20H23N5O5/c21-23-12-13-4-6-15(7-5-13)24-20(30)25-17(14-2-1-3-16(26)10-14)11-18(27)22-9-8-19(28)29/h1-7,10,12,17,26H,8-9,11,21H2,(H,22,27)(H,28,29)(H2,24,25,30). The Labute approximate surface area is 172 Å². The molecule has 2 rings (SSSR count). The smallest absolute Gasteiger partial charge is 0.319 e. The predicted molar refractivity (Wildman–Crippen MR) is 111 cm³/mol. The lowest BCUT2D eigenvalue weighted by molar-refractivity contribution is -0.136. The van der Waals surface area contributed by atoms with Crippen LogP contribution in [0.15, 0.2) is 53.6 Å². The molecule has 0 radical (unpaired) electrons. The van der Waals surface area contributed by atoms with Gasteiger partial charge in [0.15, 0.2) is 0 Å². The summed E-state index contributed by atoms with van der Waals surface area (Å²) in [4.78, 5) is 35.2. The van der Waals surface area contributed by atoms with Gasteiger partial charge in [0.05, 0.1) is 25.1 Å². The van der Waals surface area contributed by atoms with Gasteiger partial charge in [0.25, 0.3) is 0 Å². The number of aromatic hydroxyl groups is 1. The molecule has 1 unspecified atom stereocenters. The Morgan fingerprint density at radius 1 is 1.13 bits per heavy atom. The molecule has 0 aliphatic heterocycles. The van der Waals surface area contributed by atoms with E-state index in [-0.39, 0.29) is 25.1 Å². The van der Waals surface area contributed by atoms with E-state index in [1.165, 1.54) is 18.3 Å². The minimum Gasteiger partial charge on any atom is -0.508 e. The highest BCUT2D eigenvalue weighted by atomic mass is 16.4. The van der Waals surface area contributed by atoms with Crippen molar-refractivity contribution >= 4 is 29.8 Å². The zero-order valence-electron chi connectivity index (χ0n) is 16.0.